The van der Waals surface area contributed by atoms with E-state index in [2.05, 4.69) is 16.4 Å². The number of carbonyl (C=O) groups is 1. The van der Waals surface area contributed by atoms with Crippen LogP contribution in [0.3, 0.4) is 0 Å². The second-order valence-electron chi connectivity index (χ2n) is 5.95. The van der Waals surface area contributed by atoms with E-state index in [1.54, 1.807) is 6.20 Å². The topological polar surface area (TPSA) is 42.0 Å². The van der Waals surface area contributed by atoms with Gasteiger partial charge in [0.25, 0.3) is 0 Å². The molecule has 0 saturated carbocycles. The van der Waals surface area contributed by atoms with E-state index in [0.29, 0.717) is 24.5 Å². The molecule has 0 aliphatic carbocycles. The third kappa shape index (κ3) is 3.67. The Bertz CT molecular complexity index is 612. The molecule has 110 valence electrons. The molecular weight excluding hydrogens is 260 g/mol. The number of pyridine rings is 1. The molecule has 0 spiro atoms. The maximum atomic E-state index is 12.3. The van der Waals surface area contributed by atoms with Crippen LogP contribution in [0.25, 0.3) is 10.9 Å². The summed E-state index contributed by atoms with van der Waals surface area (Å²) >= 11 is 0. The molecule has 0 bridgehead atoms. The number of benzene rings is 1. The number of rotatable bonds is 5. The lowest BCUT2D eigenvalue weighted by Crippen LogP contribution is -2.30. The van der Waals surface area contributed by atoms with Crippen molar-refractivity contribution in [3.8, 4) is 0 Å². The van der Waals surface area contributed by atoms with Crippen molar-refractivity contribution in [3.63, 3.8) is 0 Å². The number of carbonyl (C=O) groups excluding carboxylic acids is 1. The summed E-state index contributed by atoms with van der Waals surface area (Å²) in [7, 11) is 0. The molecule has 1 saturated heterocycles. The summed E-state index contributed by atoms with van der Waals surface area (Å²) in [5.41, 5.74) is 2.08. The number of hydrogen-bond donors (Lipinski definition) is 1. The Kier molecular flexibility index (Phi) is 4.61. The minimum atomic E-state index is 0.344. The second-order valence-corrected chi connectivity index (χ2v) is 5.95. The highest BCUT2D eigenvalue weighted by Gasteiger charge is 2.15. The molecule has 1 aromatic heterocycles. The van der Waals surface area contributed by atoms with Gasteiger partial charge in [0.2, 0.25) is 0 Å². The minimum Gasteiger partial charge on any atom is -0.316 e. The van der Waals surface area contributed by atoms with Crippen LogP contribution >= 0.6 is 0 Å². The highest BCUT2D eigenvalue weighted by Crippen LogP contribution is 2.19. The predicted molar refractivity (Wildman–Crippen MR) is 85.3 cm³/mol. The average molecular weight is 282 g/mol. The van der Waals surface area contributed by atoms with E-state index in [9.17, 15) is 4.79 Å². The smallest absolute Gasteiger partial charge is 0.137 e. The zero-order chi connectivity index (χ0) is 14.5. The van der Waals surface area contributed by atoms with Gasteiger partial charge in [0.05, 0.1) is 5.52 Å². The number of nitrogens with one attached hydrogen (secondary N) is 1. The summed E-state index contributed by atoms with van der Waals surface area (Å²) in [6, 6.07) is 10.0. The van der Waals surface area contributed by atoms with Gasteiger partial charge in [-0.1, -0.05) is 18.2 Å². The number of fused-ring (bicyclic) bond motifs is 1. The van der Waals surface area contributed by atoms with Gasteiger partial charge in [-0.15, -0.1) is 0 Å². The summed E-state index contributed by atoms with van der Waals surface area (Å²) in [4.78, 5) is 16.6. The van der Waals surface area contributed by atoms with Gasteiger partial charge < -0.3 is 5.32 Å². The van der Waals surface area contributed by atoms with Crippen molar-refractivity contribution in [1.82, 2.24) is 10.3 Å². The van der Waals surface area contributed by atoms with Crippen LogP contribution in [0.1, 0.15) is 31.2 Å². The van der Waals surface area contributed by atoms with Crippen LogP contribution in [-0.2, 0) is 11.2 Å². The maximum absolute atomic E-state index is 12.3. The van der Waals surface area contributed by atoms with Crippen molar-refractivity contribution in [2.24, 2.45) is 5.92 Å². The SMILES string of the molecule is O=C(CCC1CCCNC1)Cc1ccnc2ccccc12. The first-order valence-corrected chi connectivity index (χ1v) is 7.88. The molecule has 1 aromatic carbocycles. The normalized spacial score (nSPS) is 18.8. The summed E-state index contributed by atoms with van der Waals surface area (Å²) in [5, 5.41) is 4.52. The Morgan fingerprint density at radius 3 is 3.05 bits per heavy atom. The van der Waals surface area contributed by atoms with Gasteiger partial charge in [-0.25, -0.2) is 0 Å². The standard InChI is InChI=1S/C18H22N2O/c21-16(8-7-14-4-3-10-19-13-14)12-15-9-11-20-18-6-2-1-5-17(15)18/h1-2,5-6,9,11,14,19H,3-4,7-8,10,12-13H2. The fraction of sp³-hybridized carbons (Fsp3) is 0.444. The highest BCUT2D eigenvalue weighted by atomic mass is 16.1. The lowest BCUT2D eigenvalue weighted by molar-refractivity contribution is -0.118. The van der Waals surface area contributed by atoms with Crippen LogP contribution in [0.2, 0.25) is 0 Å². The lowest BCUT2D eigenvalue weighted by atomic mass is 9.92. The maximum Gasteiger partial charge on any atom is 0.137 e. The third-order valence-electron chi connectivity index (χ3n) is 4.36. The zero-order valence-electron chi connectivity index (χ0n) is 12.3. The van der Waals surface area contributed by atoms with Gasteiger partial charge in [0.15, 0.2) is 0 Å². The van der Waals surface area contributed by atoms with Crippen molar-refractivity contribution < 1.29 is 4.79 Å². The molecule has 0 amide bonds. The van der Waals surface area contributed by atoms with Gasteiger partial charge in [0, 0.05) is 24.4 Å². The molecule has 1 atom stereocenters. The first-order valence-electron chi connectivity index (χ1n) is 7.88. The summed E-state index contributed by atoms with van der Waals surface area (Å²) in [6.07, 6.45) is 6.56. The molecule has 3 heteroatoms. The van der Waals surface area contributed by atoms with Gasteiger partial charge in [-0.05, 0) is 56.0 Å². The van der Waals surface area contributed by atoms with E-state index < -0.39 is 0 Å². The molecule has 2 aromatic rings. The Balaban J connectivity index is 1.61. The second kappa shape index (κ2) is 6.81. The van der Waals surface area contributed by atoms with Gasteiger partial charge in [0.1, 0.15) is 5.78 Å². The molecule has 21 heavy (non-hydrogen) atoms. The molecule has 1 aliphatic heterocycles. The lowest BCUT2D eigenvalue weighted by Gasteiger charge is -2.22. The van der Waals surface area contributed by atoms with Crippen LogP contribution < -0.4 is 5.32 Å². The first-order chi connectivity index (χ1) is 10.3. The third-order valence-corrected chi connectivity index (χ3v) is 4.36. The van der Waals surface area contributed by atoms with E-state index in [-0.39, 0.29) is 0 Å². The molecular formula is C18H22N2O. The fourth-order valence-electron chi connectivity index (χ4n) is 3.15. The van der Waals surface area contributed by atoms with Crippen molar-refractivity contribution in [3.05, 3.63) is 42.1 Å². The Morgan fingerprint density at radius 2 is 2.19 bits per heavy atom. The summed E-state index contributed by atoms with van der Waals surface area (Å²) in [6.45, 7) is 2.21. The number of piperidine rings is 1. The van der Waals surface area contributed by atoms with Crippen molar-refractivity contribution >= 4 is 16.7 Å². The van der Waals surface area contributed by atoms with Gasteiger partial charge in [-0.3, -0.25) is 9.78 Å². The fourth-order valence-corrected chi connectivity index (χ4v) is 3.15. The van der Waals surface area contributed by atoms with Crippen LogP contribution in [-0.4, -0.2) is 23.9 Å². The van der Waals surface area contributed by atoms with Gasteiger partial charge >= 0.3 is 0 Å². The minimum absolute atomic E-state index is 0.344. The molecule has 2 heterocycles. The molecule has 1 aliphatic rings. The molecule has 0 radical (unpaired) electrons. The molecule has 3 rings (SSSR count). The van der Waals surface area contributed by atoms with E-state index in [0.717, 1.165) is 36.0 Å². The monoisotopic (exact) mass is 282 g/mol. The quantitative estimate of drug-likeness (QED) is 0.916. The van der Waals surface area contributed by atoms with Crippen molar-refractivity contribution in [2.45, 2.75) is 32.1 Å². The Morgan fingerprint density at radius 1 is 1.29 bits per heavy atom. The molecule has 3 nitrogen and oxygen atoms in total. The van der Waals surface area contributed by atoms with E-state index in [1.807, 2.05) is 24.3 Å². The largest absolute Gasteiger partial charge is 0.316 e. The number of para-hydroxylation sites is 1. The van der Waals surface area contributed by atoms with Gasteiger partial charge in [-0.2, -0.15) is 0 Å². The van der Waals surface area contributed by atoms with Crippen LogP contribution in [0, 0.1) is 5.92 Å². The highest BCUT2D eigenvalue weighted by molar-refractivity contribution is 5.88. The Hall–Kier alpha value is -1.74. The number of ketones is 1. The average Bonchev–Trinajstić information content (AvgIpc) is 2.54. The number of Topliss-reactive ketones (excluding diaryl/α,β-unsaturated/α-hetero) is 1. The van der Waals surface area contributed by atoms with E-state index in [4.69, 9.17) is 0 Å². The summed E-state index contributed by atoms with van der Waals surface area (Å²) < 4.78 is 0. The predicted octanol–water partition coefficient (Wildman–Crippen LogP) is 3.13. The van der Waals surface area contributed by atoms with E-state index >= 15 is 0 Å². The van der Waals surface area contributed by atoms with E-state index in [1.165, 1.54) is 12.8 Å². The number of hydrogen-bond acceptors (Lipinski definition) is 3. The Labute approximate surface area is 125 Å². The first kappa shape index (κ1) is 14.2. The van der Waals surface area contributed by atoms with Crippen LogP contribution in [0.15, 0.2) is 36.5 Å². The molecule has 1 unspecified atom stereocenters. The van der Waals surface area contributed by atoms with Crippen LogP contribution in [0.4, 0.5) is 0 Å². The molecule has 1 N–H and O–H groups in total. The number of aromatic nitrogens is 1. The molecule has 1 fully saturated rings. The number of nitrogens with zero attached hydrogens (tertiary/aromatic N) is 1. The van der Waals surface area contributed by atoms with Crippen molar-refractivity contribution in [2.75, 3.05) is 13.1 Å². The van der Waals surface area contributed by atoms with Crippen LogP contribution in [0.5, 0.6) is 0 Å². The van der Waals surface area contributed by atoms with Crippen molar-refractivity contribution in [1.29, 1.82) is 0 Å². The zero-order valence-corrected chi connectivity index (χ0v) is 12.3. The summed E-state index contributed by atoms with van der Waals surface area (Å²) in [5.74, 6) is 1.02.